The lowest BCUT2D eigenvalue weighted by Gasteiger charge is -2.07. The van der Waals surface area contributed by atoms with E-state index in [4.69, 9.17) is 9.84 Å². The number of aromatic carboxylic acids is 1. The minimum absolute atomic E-state index is 0.0224. The van der Waals surface area contributed by atoms with Gasteiger partial charge in [0.1, 0.15) is 5.75 Å². The fourth-order valence-corrected chi connectivity index (χ4v) is 1.80. The van der Waals surface area contributed by atoms with Gasteiger partial charge in [-0.2, -0.15) is 0 Å². The predicted octanol–water partition coefficient (Wildman–Crippen LogP) is 1.97. The summed E-state index contributed by atoms with van der Waals surface area (Å²) in [6, 6.07) is 8.54. The number of carboxylic acid groups (broad SMARTS) is 1. The van der Waals surface area contributed by atoms with E-state index in [1.807, 2.05) is 6.07 Å². The number of carbonyl (C=O) groups excluding carboxylic acids is 1. The third kappa shape index (κ3) is 4.04. The lowest BCUT2D eigenvalue weighted by Crippen LogP contribution is -2.15. The minimum Gasteiger partial charge on any atom is -0.497 e. The molecule has 0 aliphatic rings. The van der Waals surface area contributed by atoms with Crippen LogP contribution in [0.1, 0.15) is 15.9 Å². The largest absolute Gasteiger partial charge is 0.497 e. The number of rotatable bonds is 5. The van der Waals surface area contributed by atoms with Gasteiger partial charge in [0.15, 0.2) is 0 Å². The Labute approximate surface area is 121 Å². The summed E-state index contributed by atoms with van der Waals surface area (Å²) >= 11 is 0. The molecular formula is C15H14N2O4. The summed E-state index contributed by atoms with van der Waals surface area (Å²) in [7, 11) is 1.56. The van der Waals surface area contributed by atoms with Gasteiger partial charge in [-0.25, -0.2) is 4.79 Å². The molecule has 0 aliphatic heterocycles. The van der Waals surface area contributed by atoms with Crippen molar-refractivity contribution in [2.45, 2.75) is 6.42 Å². The molecule has 0 bridgehead atoms. The molecule has 2 rings (SSSR count). The zero-order valence-corrected chi connectivity index (χ0v) is 11.4. The number of hydrogen-bond donors (Lipinski definition) is 2. The highest BCUT2D eigenvalue weighted by molar-refractivity contribution is 5.94. The molecule has 0 radical (unpaired) electrons. The normalized spacial score (nSPS) is 9.95. The zero-order valence-electron chi connectivity index (χ0n) is 11.4. The Hall–Kier alpha value is -2.89. The topological polar surface area (TPSA) is 88.5 Å². The fourth-order valence-electron chi connectivity index (χ4n) is 1.80. The molecule has 6 nitrogen and oxygen atoms in total. The van der Waals surface area contributed by atoms with E-state index in [0.717, 1.165) is 5.56 Å². The van der Waals surface area contributed by atoms with Gasteiger partial charge in [-0.15, -0.1) is 0 Å². The Bertz CT molecular complexity index is 670. The van der Waals surface area contributed by atoms with Gasteiger partial charge in [-0.1, -0.05) is 12.1 Å². The number of ether oxygens (including phenoxy) is 1. The van der Waals surface area contributed by atoms with Crippen molar-refractivity contribution >= 4 is 17.6 Å². The average molecular weight is 286 g/mol. The molecular weight excluding hydrogens is 272 g/mol. The minimum atomic E-state index is -1.09. The molecule has 108 valence electrons. The number of amides is 1. The number of carboxylic acids is 1. The van der Waals surface area contributed by atoms with Crippen molar-refractivity contribution in [2.24, 2.45) is 0 Å². The van der Waals surface area contributed by atoms with Crippen LogP contribution >= 0.6 is 0 Å². The molecule has 1 aromatic heterocycles. The monoisotopic (exact) mass is 286 g/mol. The lowest BCUT2D eigenvalue weighted by atomic mass is 10.1. The zero-order chi connectivity index (χ0) is 15.2. The van der Waals surface area contributed by atoms with Crippen molar-refractivity contribution in [3.8, 4) is 5.75 Å². The average Bonchev–Trinajstić information content (AvgIpc) is 2.47. The molecule has 2 aromatic rings. The molecule has 0 unspecified atom stereocenters. The molecule has 0 saturated carbocycles. The Morgan fingerprint density at radius 3 is 2.81 bits per heavy atom. The van der Waals surface area contributed by atoms with Gasteiger partial charge in [0, 0.05) is 6.20 Å². The summed E-state index contributed by atoms with van der Waals surface area (Å²) < 4.78 is 5.09. The van der Waals surface area contributed by atoms with E-state index in [0.29, 0.717) is 11.4 Å². The molecule has 2 N–H and O–H groups in total. The van der Waals surface area contributed by atoms with Gasteiger partial charge in [-0.05, 0) is 23.8 Å². The highest BCUT2D eigenvalue weighted by atomic mass is 16.5. The summed E-state index contributed by atoms with van der Waals surface area (Å²) in [6.07, 6.45) is 2.78. The van der Waals surface area contributed by atoms with Crippen molar-refractivity contribution < 1.29 is 19.4 Å². The summed E-state index contributed by atoms with van der Waals surface area (Å²) in [6.45, 7) is 0. The molecule has 6 heteroatoms. The molecule has 0 atom stereocenters. The Balaban J connectivity index is 2.04. The van der Waals surface area contributed by atoms with Crippen LogP contribution in [-0.4, -0.2) is 29.1 Å². The lowest BCUT2D eigenvalue weighted by molar-refractivity contribution is -0.115. The highest BCUT2D eigenvalue weighted by Gasteiger charge is 2.08. The number of carbonyl (C=O) groups is 2. The van der Waals surface area contributed by atoms with Gasteiger partial charge < -0.3 is 15.2 Å². The molecule has 1 heterocycles. The summed E-state index contributed by atoms with van der Waals surface area (Å²) in [5.41, 5.74) is 1.17. The number of anilines is 1. The van der Waals surface area contributed by atoms with Crippen LogP contribution in [0, 0.1) is 0 Å². The van der Waals surface area contributed by atoms with Gasteiger partial charge in [0.05, 0.1) is 31.0 Å². The van der Waals surface area contributed by atoms with E-state index >= 15 is 0 Å². The van der Waals surface area contributed by atoms with E-state index in [1.54, 1.807) is 25.3 Å². The van der Waals surface area contributed by atoms with Crippen molar-refractivity contribution in [1.29, 1.82) is 0 Å². The molecule has 0 aliphatic carbocycles. The first-order valence-electron chi connectivity index (χ1n) is 6.19. The highest BCUT2D eigenvalue weighted by Crippen LogP contribution is 2.14. The second-order valence-electron chi connectivity index (χ2n) is 4.34. The Kier molecular flexibility index (Phi) is 4.50. The first kappa shape index (κ1) is 14.5. The summed E-state index contributed by atoms with van der Waals surface area (Å²) in [5, 5.41) is 11.5. The number of nitrogens with zero attached hydrogens (tertiary/aromatic N) is 1. The van der Waals surface area contributed by atoms with E-state index in [-0.39, 0.29) is 17.9 Å². The predicted molar refractivity (Wildman–Crippen MR) is 76.5 cm³/mol. The first-order chi connectivity index (χ1) is 10.1. The van der Waals surface area contributed by atoms with Gasteiger partial charge in [0.2, 0.25) is 5.91 Å². The third-order valence-electron chi connectivity index (χ3n) is 2.77. The first-order valence-corrected chi connectivity index (χ1v) is 6.19. The van der Waals surface area contributed by atoms with Crippen LogP contribution in [0.5, 0.6) is 5.75 Å². The molecule has 0 saturated heterocycles. The number of benzene rings is 1. The molecule has 0 fully saturated rings. The number of nitrogens with one attached hydrogen (secondary N) is 1. The Morgan fingerprint density at radius 2 is 2.10 bits per heavy atom. The van der Waals surface area contributed by atoms with Crippen LogP contribution in [0.15, 0.2) is 42.7 Å². The van der Waals surface area contributed by atoms with Gasteiger partial charge in [-0.3, -0.25) is 9.78 Å². The molecule has 1 aromatic carbocycles. The quantitative estimate of drug-likeness (QED) is 0.877. The summed E-state index contributed by atoms with van der Waals surface area (Å²) in [5.74, 6) is -0.672. The Morgan fingerprint density at radius 1 is 1.29 bits per heavy atom. The van der Waals surface area contributed by atoms with Crippen molar-refractivity contribution in [2.75, 3.05) is 12.4 Å². The third-order valence-corrected chi connectivity index (χ3v) is 2.77. The number of aromatic nitrogens is 1. The van der Waals surface area contributed by atoms with Crippen molar-refractivity contribution in [1.82, 2.24) is 4.98 Å². The van der Waals surface area contributed by atoms with E-state index in [9.17, 15) is 9.59 Å². The van der Waals surface area contributed by atoms with E-state index in [2.05, 4.69) is 10.3 Å². The maximum Gasteiger partial charge on any atom is 0.337 e. The SMILES string of the molecule is COc1cccc(CC(=O)Nc2cncc(C(=O)O)c2)c1. The fraction of sp³-hybridized carbons (Fsp3) is 0.133. The van der Waals surface area contributed by atoms with Crippen LogP contribution in [-0.2, 0) is 11.2 Å². The second-order valence-corrected chi connectivity index (χ2v) is 4.34. The van der Waals surface area contributed by atoms with Crippen molar-refractivity contribution in [3.63, 3.8) is 0 Å². The maximum absolute atomic E-state index is 11.9. The number of pyridine rings is 1. The molecule has 21 heavy (non-hydrogen) atoms. The molecule has 1 amide bonds. The summed E-state index contributed by atoms with van der Waals surface area (Å²) in [4.78, 5) is 26.5. The standard InChI is InChI=1S/C15H14N2O4/c1-21-13-4-2-3-10(5-13)6-14(18)17-12-7-11(15(19)20)8-16-9-12/h2-5,7-9H,6H2,1H3,(H,17,18)(H,19,20). The number of hydrogen-bond acceptors (Lipinski definition) is 4. The van der Waals surface area contributed by atoms with Crippen LogP contribution in [0.4, 0.5) is 5.69 Å². The van der Waals surface area contributed by atoms with Crippen LogP contribution in [0.2, 0.25) is 0 Å². The van der Waals surface area contributed by atoms with E-state index < -0.39 is 5.97 Å². The molecule has 0 spiro atoms. The van der Waals surface area contributed by atoms with Gasteiger partial charge in [0.25, 0.3) is 0 Å². The maximum atomic E-state index is 11.9. The second kappa shape index (κ2) is 6.51. The number of methoxy groups -OCH3 is 1. The van der Waals surface area contributed by atoms with Crippen LogP contribution in [0.3, 0.4) is 0 Å². The van der Waals surface area contributed by atoms with Crippen molar-refractivity contribution in [3.05, 3.63) is 53.9 Å². The van der Waals surface area contributed by atoms with Gasteiger partial charge >= 0.3 is 5.97 Å². The van der Waals surface area contributed by atoms with Crippen LogP contribution < -0.4 is 10.1 Å². The van der Waals surface area contributed by atoms with Crippen LogP contribution in [0.25, 0.3) is 0 Å². The smallest absolute Gasteiger partial charge is 0.337 e. The van der Waals surface area contributed by atoms with E-state index in [1.165, 1.54) is 18.5 Å².